The molecule has 0 aromatic heterocycles. The van der Waals surface area contributed by atoms with Gasteiger partial charge in [-0.3, -0.25) is 0 Å². The highest BCUT2D eigenvalue weighted by molar-refractivity contribution is 5.68. The van der Waals surface area contributed by atoms with E-state index in [1.165, 1.54) is 22.3 Å². The summed E-state index contributed by atoms with van der Waals surface area (Å²) in [7, 11) is 0. The van der Waals surface area contributed by atoms with Crippen molar-refractivity contribution in [1.82, 2.24) is 0 Å². The molecule has 0 aliphatic carbocycles. The molecule has 0 aliphatic rings. The predicted molar refractivity (Wildman–Crippen MR) is 70.7 cm³/mol. The number of hydrogen-bond donors (Lipinski definition) is 0. The van der Waals surface area contributed by atoms with Crippen LogP contribution in [0.3, 0.4) is 0 Å². The number of rotatable bonds is 2. The highest BCUT2D eigenvalue weighted by Crippen LogP contribution is 2.25. The van der Waals surface area contributed by atoms with E-state index in [1.54, 1.807) is 0 Å². The maximum absolute atomic E-state index is 8.72. The fourth-order valence-electron chi connectivity index (χ4n) is 2.04. The highest BCUT2D eigenvalue weighted by atomic mass is 14.2. The summed E-state index contributed by atoms with van der Waals surface area (Å²) in [6, 6.07) is 16.9. The van der Waals surface area contributed by atoms with E-state index in [0.717, 1.165) is 5.56 Å². The van der Waals surface area contributed by atoms with Crippen LogP contribution in [0.2, 0.25) is 0 Å². The van der Waals surface area contributed by atoms with Crippen LogP contribution >= 0.6 is 0 Å². The molecule has 0 N–H and O–H groups in total. The van der Waals surface area contributed by atoms with Crippen LogP contribution in [-0.4, -0.2) is 0 Å². The maximum atomic E-state index is 8.72. The first kappa shape index (κ1) is 11.4. The van der Waals surface area contributed by atoms with Crippen LogP contribution in [0.25, 0.3) is 11.1 Å². The van der Waals surface area contributed by atoms with Crippen LogP contribution in [0, 0.1) is 25.2 Å². The average molecular weight is 221 g/mol. The maximum Gasteiger partial charge on any atom is 0.0669 e. The fraction of sp³-hybridized carbons (Fsp3) is 0.188. The molecule has 2 aromatic rings. The number of nitriles is 1. The zero-order valence-corrected chi connectivity index (χ0v) is 10.2. The zero-order valence-electron chi connectivity index (χ0n) is 10.2. The van der Waals surface area contributed by atoms with Gasteiger partial charge >= 0.3 is 0 Å². The lowest BCUT2D eigenvalue weighted by molar-refractivity contribution is 1.21. The Hall–Kier alpha value is -2.07. The third-order valence-corrected chi connectivity index (χ3v) is 3.07. The quantitative estimate of drug-likeness (QED) is 0.751. The van der Waals surface area contributed by atoms with Crippen LogP contribution in [0.1, 0.15) is 16.7 Å². The Kier molecular flexibility index (Phi) is 3.25. The molecule has 1 nitrogen and oxygen atoms in total. The first-order valence-electron chi connectivity index (χ1n) is 5.75. The Bertz CT molecular complexity index is 576. The van der Waals surface area contributed by atoms with Crippen LogP contribution in [0.4, 0.5) is 0 Å². The van der Waals surface area contributed by atoms with Gasteiger partial charge < -0.3 is 0 Å². The molecule has 0 saturated heterocycles. The van der Waals surface area contributed by atoms with Gasteiger partial charge in [-0.05, 0) is 41.7 Å². The number of benzene rings is 2. The fourth-order valence-corrected chi connectivity index (χ4v) is 2.04. The normalized spacial score (nSPS) is 9.94. The highest BCUT2D eigenvalue weighted by Gasteiger charge is 2.03. The molecule has 0 aliphatic heterocycles. The summed E-state index contributed by atoms with van der Waals surface area (Å²) in [5, 5.41) is 8.72. The summed E-state index contributed by atoms with van der Waals surface area (Å²) >= 11 is 0. The smallest absolute Gasteiger partial charge is 0.0669 e. The monoisotopic (exact) mass is 221 g/mol. The summed E-state index contributed by atoms with van der Waals surface area (Å²) in [5.41, 5.74) is 6.07. The molecule has 0 amide bonds. The lowest BCUT2D eigenvalue weighted by atomic mass is 9.96. The molecule has 0 atom stereocenters. The predicted octanol–water partition coefficient (Wildman–Crippen LogP) is 4.04. The van der Waals surface area contributed by atoms with Gasteiger partial charge in [-0.15, -0.1) is 0 Å². The second-order valence-electron chi connectivity index (χ2n) is 4.29. The lowest BCUT2D eigenvalue weighted by Crippen LogP contribution is -1.89. The molecule has 1 heteroatoms. The first-order chi connectivity index (χ1) is 8.22. The van der Waals surface area contributed by atoms with Crippen molar-refractivity contribution in [2.45, 2.75) is 20.3 Å². The van der Waals surface area contributed by atoms with E-state index in [-0.39, 0.29) is 0 Å². The van der Waals surface area contributed by atoms with Gasteiger partial charge in [-0.1, -0.05) is 42.5 Å². The van der Waals surface area contributed by atoms with E-state index in [2.05, 4.69) is 62.4 Å². The molecule has 0 unspecified atom stereocenters. The van der Waals surface area contributed by atoms with Crippen molar-refractivity contribution in [3.63, 3.8) is 0 Å². The van der Waals surface area contributed by atoms with Crippen molar-refractivity contribution in [3.8, 4) is 17.2 Å². The molecular formula is C16H15N. The van der Waals surface area contributed by atoms with E-state index < -0.39 is 0 Å². The molecule has 17 heavy (non-hydrogen) atoms. The van der Waals surface area contributed by atoms with E-state index >= 15 is 0 Å². The van der Waals surface area contributed by atoms with Gasteiger partial charge in [0.2, 0.25) is 0 Å². The minimum Gasteiger partial charge on any atom is -0.198 e. The summed E-state index contributed by atoms with van der Waals surface area (Å²) in [5.74, 6) is 0. The van der Waals surface area contributed by atoms with E-state index in [1.807, 2.05) is 0 Å². The molecule has 84 valence electrons. The second-order valence-corrected chi connectivity index (χ2v) is 4.29. The van der Waals surface area contributed by atoms with Crippen LogP contribution in [-0.2, 0) is 6.42 Å². The number of hydrogen-bond acceptors (Lipinski definition) is 1. The summed E-state index contributed by atoms with van der Waals surface area (Å²) in [4.78, 5) is 0. The van der Waals surface area contributed by atoms with Crippen molar-refractivity contribution in [2.75, 3.05) is 0 Å². The second kappa shape index (κ2) is 4.84. The molecular weight excluding hydrogens is 206 g/mol. The summed E-state index contributed by atoms with van der Waals surface area (Å²) in [6.45, 7) is 4.18. The molecule has 0 bridgehead atoms. The van der Waals surface area contributed by atoms with Gasteiger partial charge in [0.1, 0.15) is 0 Å². The van der Waals surface area contributed by atoms with Gasteiger partial charge in [0, 0.05) is 0 Å². The van der Waals surface area contributed by atoms with Gasteiger partial charge in [0.05, 0.1) is 12.5 Å². The Morgan fingerprint density at radius 2 is 1.76 bits per heavy atom. The van der Waals surface area contributed by atoms with Crippen molar-refractivity contribution < 1.29 is 0 Å². The minimum absolute atomic E-state index is 0.486. The van der Waals surface area contributed by atoms with Crippen molar-refractivity contribution in [2.24, 2.45) is 0 Å². The average Bonchev–Trinajstić information content (AvgIpc) is 2.33. The Balaban J connectivity index is 2.46. The van der Waals surface area contributed by atoms with Crippen LogP contribution < -0.4 is 0 Å². The van der Waals surface area contributed by atoms with E-state index in [9.17, 15) is 0 Å². The first-order valence-corrected chi connectivity index (χ1v) is 5.75. The van der Waals surface area contributed by atoms with E-state index in [0.29, 0.717) is 6.42 Å². The van der Waals surface area contributed by atoms with Gasteiger partial charge in [-0.2, -0.15) is 5.26 Å². The summed E-state index contributed by atoms with van der Waals surface area (Å²) < 4.78 is 0. The molecule has 0 spiro atoms. The van der Waals surface area contributed by atoms with Crippen LogP contribution in [0.15, 0.2) is 42.5 Å². The lowest BCUT2D eigenvalue weighted by Gasteiger charge is -2.08. The van der Waals surface area contributed by atoms with Gasteiger partial charge in [0.15, 0.2) is 0 Å². The Morgan fingerprint density at radius 1 is 1.00 bits per heavy atom. The third-order valence-electron chi connectivity index (χ3n) is 3.07. The molecule has 2 rings (SSSR count). The molecule has 0 saturated carbocycles. The largest absolute Gasteiger partial charge is 0.198 e. The van der Waals surface area contributed by atoms with E-state index in [4.69, 9.17) is 5.26 Å². The summed E-state index contributed by atoms with van der Waals surface area (Å²) in [6.07, 6.45) is 0.486. The van der Waals surface area contributed by atoms with Crippen LogP contribution in [0.5, 0.6) is 0 Å². The van der Waals surface area contributed by atoms with Crippen molar-refractivity contribution in [3.05, 3.63) is 59.2 Å². The minimum atomic E-state index is 0.486. The molecule has 2 aromatic carbocycles. The third kappa shape index (κ3) is 2.37. The number of aryl methyl sites for hydroxylation is 2. The molecule has 0 heterocycles. The SMILES string of the molecule is Cc1cc(-c2ccccc2C)ccc1CC#N. The standard InChI is InChI=1S/C16H15N/c1-12-5-3-4-6-16(12)15-8-7-14(9-10-17)13(2)11-15/h3-8,11H,9H2,1-2H3. The Labute approximate surface area is 102 Å². The van der Waals surface area contributed by atoms with Gasteiger partial charge in [-0.25, -0.2) is 0 Å². The molecule has 0 radical (unpaired) electrons. The van der Waals surface area contributed by atoms with Crippen molar-refractivity contribution in [1.29, 1.82) is 5.26 Å². The zero-order chi connectivity index (χ0) is 12.3. The molecule has 0 fully saturated rings. The van der Waals surface area contributed by atoms with Crippen molar-refractivity contribution >= 4 is 0 Å². The topological polar surface area (TPSA) is 23.8 Å². The number of nitrogens with zero attached hydrogens (tertiary/aromatic N) is 1. The Morgan fingerprint density at radius 3 is 2.41 bits per heavy atom. The van der Waals surface area contributed by atoms with Gasteiger partial charge in [0.25, 0.3) is 0 Å².